The molecular formula is C9H17N3O2S. The van der Waals surface area contributed by atoms with Crippen LogP contribution in [-0.2, 0) is 17.3 Å². The van der Waals surface area contributed by atoms with Crippen molar-refractivity contribution in [1.29, 1.82) is 0 Å². The molecule has 0 N–H and O–H groups in total. The summed E-state index contributed by atoms with van der Waals surface area (Å²) in [6.07, 6.45) is 1.71. The highest BCUT2D eigenvalue weighted by molar-refractivity contribution is 7.84. The Balaban J connectivity index is 2.47. The summed E-state index contributed by atoms with van der Waals surface area (Å²) < 4.78 is 16.1. The molecule has 15 heavy (non-hydrogen) atoms. The van der Waals surface area contributed by atoms with Gasteiger partial charge in [0.1, 0.15) is 0 Å². The summed E-state index contributed by atoms with van der Waals surface area (Å²) in [6, 6.07) is 0.239. The highest BCUT2D eigenvalue weighted by atomic mass is 32.2. The summed E-state index contributed by atoms with van der Waals surface area (Å²) in [4.78, 5) is 6.17. The predicted octanol–water partition coefficient (Wildman–Crippen LogP) is 0.577. The van der Waals surface area contributed by atoms with Crippen molar-refractivity contribution in [3.63, 3.8) is 0 Å². The minimum absolute atomic E-state index is 0.239. The van der Waals surface area contributed by atoms with Crippen molar-refractivity contribution in [2.24, 2.45) is 0 Å². The first-order chi connectivity index (χ1) is 6.99. The monoisotopic (exact) mass is 231 g/mol. The molecule has 2 atom stereocenters. The van der Waals surface area contributed by atoms with Crippen LogP contribution >= 0.6 is 0 Å². The van der Waals surface area contributed by atoms with Gasteiger partial charge in [-0.3, -0.25) is 9.11 Å². The van der Waals surface area contributed by atoms with Crippen LogP contribution in [0.1, 0.15) is 18.6 Å². The van der Waals surface area contributed by atoms with E-state index in [1.807, 2.05) is 18.9 Å². The zero-order chi connectivity index (χ0) is 11.4. The summed E-state index contributed by atoms with van der Waals surface area (Å²) in [7, 11) is 1.18. The minimum Gasteiger partial charge on any atom is -0.338 e. The Bertz CT molecular complexity index is 340. The van der Waals surface area contributed by atoms with Gasteiger partial charge in [-0.1, -0.05) is 5.16 Å². The second-order valence-corrected chi connectivity index (χ2v) is 5.22. The van der Waals surface area contributed by atoms with Gasteiger partial charge in [0.25, 0.3) is 0 Å². The van der Waals surface area contributed by atoms with Crippen LogP contribution in [0.3, 0.4) is 0 Å². The molecule has 5 nitrogen and oxygen atoms in total. The number of aromatic nitrogens is 2. The molecule has 0 aromatic carbocycles. The van der Waals surface area contributed by atoms with E-state index in [9.17, 15) is 4.21 Å². The SMILES string of the molecule is Cc1noc(CN(C)[C@@H](C)C[S@](C)=O)n1. The van der Waals surface area contributed by atoms with E-state index in [1.165, 1.54) is 0 Å². The average molecular weight is 231 g/mol. The number of aryl methyl sites for hydroxylation is 1. The van der Waals surface area contributed by atoms with Crippen LogP contribution in [0.25, 0.3) is 0 Å². The van der Waals surface area contributed by atoms with Gasteiger partial charge in [0.2, 0.25) is 5.89 Å². The fourth-order valence-electron chi connectivity index (χ4n) is 1.24. The first-order valence-corrected chi connectivity index (χ1v) is 6.51. The Labute approximate surface area is 92.3 Å². The molecule has 0 saturated carbocycles. The van der Waals surface area contributed by atoms with Crippen molar-refractivity contribution in [3.8, 4) is 0 Å². The van der Waals surface area contributed by atoms with E-state index in [-0.39, 0.29) is 6.04 Å². The normalized spacial score (nSPS) is 15.5. The Morgan fingerprint density at radius 1 is 1.60 bits per heavy atom. The fraction of sp³-hybridized carbons (Fsp3) is 0.778. The lowest BCUT2D eigenvalue weighted by atomic mass is 10.3. The third-order valence-electron chi connectivity index (χ3n) is 2.18. The summed E-state index contributed by atoms with van der Waals surface area (Å²) in [5.74, 6) is 1.90. The maximum Gasteiger partial charge on any atom is 0.240 e. The van der Waals surface area contributed by atoms with E-state index < -0.39 is 10.8 Å². The molecule has 0 bridgehead atoms. The number of hydrogen-bond acceptors (Lipinski definition) is 5. The van der Waals surface area contributed by atoms with Crippen molar-refractivity contribution in [2.75, 3.05) is 19.1 Å². The molecule has 1 rings (SSSR count). The summed E-state index contributed by atoms with van der Waals surface area (Å²) in [5, 5.41) is 3.72. The number of rotatable bonds is 5. The fourth-order valence-corrected chi connectivity index (χ4v) is 2.17. The van der Waals surface area contributed by atoms with E-state index >= 15 is 0 Å². The van der Waals surface area contributed by atoms with Gasteiger partial charge in [-0.2, -0.15) is 4.98 Å². The third kappa shape index (κ3) is 4.09. The van der Waals surface area contributed by atoms with Gasteiger partial charge in [-0.25, -0.2) is 0 Å². The molecule has 0 unspecified atom stereocenters. The Hall–Kier alpha value is -0.750. The summed E-state index contributed by atoms with van der Waals surface area (Å²) in [5.41, 5.74) is 0. The van der Waals surface area contributed by atoms with Crippen molar-refractivity contribution in [2.45, 2.75) is 26.4 Å². The van der Waals surface area contributed by atoms with E-state index in [0.717, 1.165) is 0 Å². The molecule has 86 valence electrons. The minimum atomic E-state index is -0.777. The predicted molar refractivity (Wildman–Crippen MR) is 58.9 cm³/mol. The maximum atomic E-state index is 11.0. The van der Waals surface area contributed by atoms with Crippen molar-refractivity contribution in [3.05, 3.63) is 11.7 Å². The van der Waals surface area contributed by atoms with Crippen LogP contribution in [0.2, 0.25) is 0 Å². The lowest BCUT2D eigenvalue weighted by Gasteiger charge is -2.21. The molecule has 6 heteroatoms. The van der Waals surface area contributed by atoms with Crippen LogP contribution in [0.4, 0.5) is 0 Å². The third-order valence-corrected chi connectivity index (χ3v) is 3.13. The van der Waals surface area contributed by atoms with Gasteiger partial charge in [-0.05, 0) is 20.9 Å². The second kappa shape index (κ2) is 5.37. The Morgan fingerprint density at radius 3 is 2.73 bits per heavy atom. The quantitative estimate of drug-likeness (QED) is 0.741. The molecule has 0 saturated heterocycles. The van der Waals surface area contributed by atoms with Gasteiger partial charge in [0.05, 0.1) is 6.54 Å². The van der Waals surface area contributed by atoms with Gasteiger partial charge in [0, 0.05) is 28.9 Å². The average Bonchev–Trinajstić information content (AvgIpc) is 2.50. The zero-order valence-corrected chi connectivity index (χ0v) is 10.4. The molecule has 0 aliphatic rings. The van der Waals surface area contributed by atoms with Crippen molar-refractivity contribution >= 4 is 10.8 Å². The van der Waals surface area contributed by atoms with Gasteiger partial charge in [-0.15, -0.1) is 0 Å². The van der Waals surface area contributed by atoms with Crippen molar-refractivity contribution in [1.82, 2.24) is 15.0 Å². The molecule has 1 aromatic rings. The molecule has 0 aliphatic heterocycles. The highest BCUT2D eigenvalue weighted by Gasteiger charge is 2.14. The molecule has 1 aromatic heterocycles. The molecule has 0 amide bonds. The molecule has 0 fully saturated rings. The van der Waals surface area contributed by atoms with Crippen LogP contribution < -0.4 is 0 Å². The van der Waals surface area contributed by atoms with Gasteiger partial charge >= 0.3 is 0 Å². The maximum absolute atomic E-state index is 11.0. The van der Waals surface area contributed by atoms with E-state index in [4.69, 9.17) is 4.52 Å². The standard InChI is InChI=1S/C9H17N3O2S/c1-7(6-15(4)13)12(3)5-9-10-8(2)11-14-9/h7H,5-6H2,1-4H3/t7-,15-/m0/s1. The van der Waals surface area contributed by atoms with E-state index in [0.29, 0.717) is 24.0 Å². The topological polar surface area (TPSA) is 59.2 Å². The molecule has 0 radical (unpaired) electrons. The summed E-state index contributed by atoms with van der Waals surface area (Å²) >= 11 is 0. The van der Waals surface area contributed by atoms with Crippen molar-refractivity contribution < 1.29 is 8.73 Å². The number of hydrogen-bond donors (Lipinski definition) is 0. The van der Waals surface area contributed by atoms with Crippen LogP contribution in [0.15, 0.2) is 4.52 Å². The second-order valence-electron chi connectivity index (χ2n) is 3.74. The lowest BCUT2D eigenvalue weighted by Crippen LogP contribution is -2.33. The smallest absolute Gasteiger partial charge is 0.240 e. The van der Waals surface area contributed by atoms with Gasteiger partial charge in [0.15, 0.2) is 5.82 Å². The van der Waals surface area contributed by atoms with Crippen LogP contribution in [0.5, 0.6) is 0 Å². The molecule has 0 aliphatic carbocycles. The first kappa shape index (κ1) is 12.3. The first-order valence-electron chi connectivity index (χ1n) is 4.78. The van der Waals surface area contributed by atoms with E-state index in [2.05, 4.69) is 10.1 Å². The molecule has 1 heterocycles. The summed E-state index contributed by atoms with van der Waals surface area (Å²) in [6.45, 7) is 4.42. The Morgan fingerprint density at radius 2 is 2.27 bits per heavy atom. The molecular weight excluding hydrogens is 214 g/mol. The highest BCUT2D eigenvalue weighted by Crippen LogP contribution is 2.04. The Kier molecular flexibility index (Phi) is 4.41. The van der Waals surface area contributed by atoms with Crippen LogP contribution in [-0.4, -0.2) is 44.3 Å². The number of nitrogens with zero attached hydrogens (tertiary/aromatic N) is 3. The molecule has 0 spiro atoms. The largest absolute Gasteiger partial charge is 0.338 e. The van der Waals surface area contributed by atoms with Crippen LogP contribution in [0, 0.1) is 6.92 Å². The van der Waals surface area contributed by atoms with E-state index in [1.54, 1.807) is 13.2 Å². The van der Waals surface area contributed by atoms with Gasteiger partial charge < -0.3 is 4.52 Å². The lowest BCUT2D eigenvalue weighted by molar-refractivity contribution is 0.228. The zero-order valence-electron chi connectivity index (χ0n) is 9.56.